The van der Waals surface area contributed by atoms with E-state index in [0.29, 0.717) is 0 Å². The van der Waals surface area contributed by atoms with Gasteiger partial charge in [0.1, 0.15) is 5.82 Å². The number of rotatable bonds is 5. The average molecular weight is 392 g/mol. The van der Waals surface area contributed by atoms with Crippen LogP contribution >= 0.6 is 0 Å². The maximum Gasteiger partial charge on any atom is 0.201 e. The first-order valence-corrected chi connectivity index (χ1v) is 8.68. The fourth-order valence-corrected chi connectivity index (χ4v) is 3.03. The number of hydrogen-bond donors (Lipinski definition) is 0. The van der Waals surface area contributed by atoms with Crippen molar-refractivity contribution in [3.05, 3.63) is 76.6 Å². The third kappa shape index (κ3) is 3.46. The molecule has 0 atom stereocenters. The SMILES string of the molecule is CCCc1ccc(C(F)=C(F)c2ccc3cc(OC)c(F)c(F)c3c2F)cc1. The second kappa shape index (κ2) is 8.00. The van der Waals surface area contributed by atoms with E-state index in [1.54, 1.807) is 12.1 Å². The van der Waals surface area contributed by atoms with Crippen LogP contribution in [0.5, 0.6) is 5.75 Å². The third-order valence-electron chi connectivity index (χ3n) is 4.48. The molecule has 0 heterocycles. The van der Waals surface area contributed by atoms with Gasteiger partial charge in [0.25, 0.3) is 0 Å². The van der Waals surface area contributed by atoms with Crippen LogP contribution in [0.1, 0.15) is 30.0 Å². The van der Waals surface area contributed by atoms with Crippen LogP contribution in [0, 0.1) is 17.5 Å². The standard InChI is InChI=1S/C22H17F5O/c1-3-4-12-5-7-13(8-6-12)18(23)20(25)15-10-9-14-11-16(28-2)21(26)22(27)17(14)19(15)24/h5-11H,3-4H2,1-2H3. The summed E-state index contributed by atoms with van der Waals surface area (Å²) in [6, 6.07) is 9.34. The highest BCUT2D eigenvalue weighted by Crippen LogP contribution is 2.36. The molecule has 0 unspecified atom stereocenters. The third-order valence-corrected chi connectivity index (χ3v) is 4.48. The zero-order valence-electron chi connectivity index (χ0n) is 15.3. The highest BCUT2D eigenvalue weighted by Gasteiger charge is 2.22. The first-order chi connectivity index (χ1) is 13.4. The zero-order valence-corrected chi connectivity index (χ0v) is 15.3. The molecule has 0 aliphatic rings. The second-order valence-corrected chi connectivity index (χ2v) is 6.31. The molecule has 6 heteroatoms. The van der Waals surface area contributed by atoms with Gasteiger partial charge in [-0.1, -0.05) is 43.7 Å². The van der Waals surface area contributed by atoms with Gasteiger partial charge in [-0.15, -0.1) is 0 Å². The molecule has 28 heavy (non-hydrogen) atoms. The van der Waals surface area contributed by atoms with E-state index in [0.717, 1.165) is 37.6 Å². The van der Waals surface area contributed by atoms with E-state index in [-0.39, 0.29) is 10.9 Å². The van der Waals surface area contributed by atoms with E-state index in [1.807, 2.05) is 6.92 Å². The summed E-state index contributed by atoms with van der Waals surface area (Å²) < 4.78 is 76.8. The Balaban J connectivity index is 2.12. The lowest BCUT2D eigenvalue weighted by Crippen LogP contribution is -1.98. The number of ether oxygens (including phenoxy) is 1. The lowest BCUT2D eigenvalue weighted by atomic mass is 10.0. The van der Waals surface area contributed by atoms with Crippen LogP contribution in [-0.4, -0.2) is 7.11 Å². The van der Waals surface area contributed by atoms with Crippen molar-refractivity contribution in [1.29, 1.82) is 0 Å². The molecule has 3 rings (SSSR count). The molecule has 146 valence electrons. The summed E-state index contributed by atoms with van der Waals surface area (Å²) in [5, 5.41) is -0.800. The number of benzene rings is 3. The molecule has 0 fully saturated rings. The minimum absolute atomic E-state index is 0.0332. The number of hydrogen-bond acceptors (Lipinski definition) is 1. The molecule has 0 bridgehead atoms. The van der Waals surface area contributed by atoms with Crippen molar-refractivity contribution in [3.63, 3.8) is 0 Å². The Hall–Kier alpha value is -2.89. The minimum atomic E-state index is -1.52. The maximum absolute atomic E-state index is 14.7. The van der Waals surface area contributed by atoms with E-state index >= 15 is 0 Å². The Kier molecular flexibility index (Phi) is 5.68. The summed E-state index contributed by atoms with van der Waals surface area (Å²) in [7, 11) is 1.14. The topological polar surface area (TPSA) is 9.23 Å². The summed E-state index contributed by atoms with van der Waals surface area (Å²) in [6.45, 7) is 1.99. The summed E-state index contributed by atoms with van der Waals surface area (Å²) >= 11 is 0. The molecule has 0 saturated heterocycles. The molecule has 0 aliphatic carbocycles. The molecule has 3 aromatic rings. The maximum atomic E-state index is 14.7. The number of halogens is 5. The summed E-state index contributed by atoms with van der Waals surface area (Å²) in [5.74, 6) is -7.49. The van der Waals surface area contributed by atoms with E-state index in [4.69, 9.17) is 4.74 Å². The Bertz CT molecular complexity index is 1050. The van der Waals surface area contributed by atoms with Crippen molar-refractivity contribution >= 4 is 22.4 Å². The van der Waals surface area contributed by atoms with E-state index in [2.05, 4.69) is 0 Å². The van der Waals surface area contributed by atoms with Crippen LogP contribution in [0.25, 0.3) is 22.4 Å². The van der Waals surface area contributed by atoms with Crippen molar-refractivity contribution in [2.45, 2.75) is 19.8 Å². The Morgan fingerprint density at radius 1 is 0.857 bits per heavy atom. The quantitative estimate of drug-likeness (QED) is 0.336. The van der Waals surface area contributed by atoms with Crippen LogP contribution in [0.15, 0.2) is 42.5 Å². The van der Waals surface area contributed by atoms with Crippen molar-refractivity contribution in [2.24, 2.45) is 0 Å². The van der Waals surface area contributed by atoms with Gasteiger partial charge in [-0.2, -0.15) is 4.39 Å². The molecule has 3 aromatic carbocycles. The van der Waals surface area contributed by atoms with Gasteiger partial charge in [0.15, 0.2) is 23.2 Å². The van der Waals surface area contributed by atoms with Crippen LogP contribution in [0.3, 0.4) is 0 Å². The largest absolute Gasteiger partial charge is 0.494 e. The summed E-state index contributed by atoms with van der Waals surface area (Å²) in [4.78, 5) is 0. The molecule has 0 spiro atoms. The van der Waals surface area contributed by atoms with Gasteiger partial charge in [-0.3, -0.25) is 0 Å². The zero-order chi connectivity index (χ0) is 20.4. The lowest BCUT2D eigenvalue weighted by molar-refractivity contribution is 0.374. The van der Waals surface area contributed by atoms with Gasteiger partial charge >= 0.3 is 0 Å². The van der Waals surface area contributed by atoms with Crippen LogP contribution in [0.4, 0.5) is 22.0 Å². The molecule has 0 amide bonds. The van der Waals surface area contributed by atoms with Crippen LogP contribution in [0.2, 0.25) is 0 Å². The van der Waals surface area contributed by atoms with Gasteiger partial charge in [-0.05, 0) is 29.5 Å². The monoisotopic (exact) mass is 392 g/mol. The van der Waals surface area contributed by atoms with Crippen molar-refractivity contribution in [3.8, 4) is 5.75 Å². The Morgan fingerprint density at radius 2 is 1.54 bits per heavy atom. The molecule has 1 nitrogen and oxygen atoms in total. The van der Waals surface area contributed by atoms with Crippen molar-refractivity contribution in [2.75, 3.05) is 7.11 Å². The van der Waals surface area contributed by atoms with Gasteiger partial charge in [0.05, 0.1) is 12.5 Å². The average Bonchev–Trinajstić information content (AvgIpc) is 2.70. The van der Waals surface area contributed by atoms with Crippen LogP contribution in [-0.2, 0) is 6.42 Å². The van der Waals surface area contributed by atoms with E-state index in [1.165, 1.54) is 18.2 Å². The fraction of sp³-hybridized carbons (Fsp3) is 0.182. The lowest BCUT2D eigenvalue weighted by Gasteiger charge is -2.10. The normalized spacial score (nSPS) is 12.2. The molecule has 0 saturated carbocycles. The Labute approximate surface area is 159 Å². The molecular weight excluding hydrogens is 375 g/mol. The van der Waals surface area contributed by atoms with E-state index in [9.17, 15) is 22.0 Å². The minimum Gasteiger partial charge on any atom is -0.494 e. The number of methoxy groups -OCH3 is 1. The predicted molar refractivity (Wildman–Crippen MR) is 99.8 cm³/mol. The molecule has 0 radical (unpaired) electrons. The second-order valence-electron chi connectivity index (χ2n) is 6.31. The van der Waals surface area contributed by atoms with Crippen LogP contribution < -0.4 is 4.74 Å². The van der Waals surface area contributed by atoms with Gasteiger partial charge < -0.3 is 4.74 Å². The van der Waals surface area contributed by atoms with Gasteiger partial charge in [0.2, 0.25) is 5.82 Å². The van der Waals surface area contributed by atoms with Gasteiger partial charge in [0, 0.05) is 11.1 Å². The highest BCUT2D eigenvalue weighted by molar-refractivity contribution is 5.91. The van der Waals surface area contributed by atoms with Crippen molar-refractivity contribution in [1.82, 2.24) is 0 Å². The Morgan fingerprint density at radius 3 is 2.14 bits per heavy atom. The molecule has 0 aliphatic heterocycles. The predicted octanol–water partition coefficient (Wildman–Crippen LogP) is 6.98. The molecular formula is C22H17F5O. The fourth-order valence-electron chi connectivity index (χ4n) is 3.03. The molecule has 0 N–H and O–H groups in total. The van der Waals surface area contributed by atoms with Crippen molar-refractivity contribution < 1.29 is 26.7 Å². The summed E-state index contributed by atoms with van der Waals surface area (Å²) in [5.41, 5.74) is 0.104. The molecule has 0 aromatic heterocycles. The van der Waals surface area contributed by atoms with E-state index < -0.39 is 45.8 Å². The summed E-state index contributed by atoms with van der Waals surface area (Å²) in [6.07, 6.45) is 1.70. The first-order valence-electron chi connectivity index (χ1n) is 8.68. The van der Waals surface area contributed by atoms with Gasteiger partial charge in [-0.25, -0.2) is 17.6 Å². The smallest absolute Gasteiger partial charge is 0.201 e. The first kappa shape index (κ1) is 19.9. The highest BCUT2D eigenvalue weighted by atomic mass is 19.2. The number of aryl methyl sites for hydroxylation is 1. The number of fused-ring (bicyclic) bond motifs is 1.